The number of amides is 1. The number of hydrogen-bond acceptors (Lipinski definition) is 6. The van der Waals surface area contributed by atoms with Crippen LogP contribution >= 0.6 is 0 Å². The van der Waals surface area contributed by atoms with Crippen molar-refractivity contribution in [1.29, 1.82) is 0 Å². The number of carbonyl (C=O) groups excluding carboxylic acids is 1. The van der Waals surface area contributed by atoms with Crippen molar-refractivity contribution < 1.29 is 33.1 Å². The molecule has 12 atom stereocenters. The van der Waals surface area contributed by atoms with Crippen LogP contribution in [0.4, 0.5) is 0 Å². The molecule has 1 radical (unpaired) electrons. The molecular weight excluding hydrogens is 557 g/mol. The molecule has 213 valence electrons. The van der Waals surface area contributed by atoms with Gasteiger partial charge in [0, 0.05) is 0 Å². The first-order chi connectivity index (χ1) is 17.2. The van der Waals surface area contributed by atoms with Crippen LogP contribution in [0.2, 0.25) is 4.82 Å². The van der Waals surface area contributed by atoms with Crippen LogP contribution in [-0.4, -0.2) is 80.8 Å². The van der Waals surface area contributed by atoms with E-state index < -0.39 is 28.1 Å². The zero-order valence-electron chi connectivity index (χ0n) is 22.4. The van der Waals surface area contributed by atoms with Crippen molar-refractivity contribution in [2.45, 2.75) is 102 Å². The maximum absolute atomic E-state index is 12.3. The summed E-state index contributed by atoms with van der Waals surface area (Å²) in [4.78, 5) is 12.2. The molecule has 0 heterocycles. The molecule has 4 rings (SSSR count). The first-order valence-electron chi connectivity index (χ1n) is 14.1. The Bertz CT molecular complexity index is 949. The molecule has 10 heteroatoms. The Labute approximate surface area is 230 Å². The minimum absolute atomic E-state index is 0.0227. The monoisotopic (exact) mass is 603 g/mol. The molecule has 0 aromatic rings. The summed E-state index contributed by atoms with van der Waals surface area (Å²) in [7, 11) is -4.10. The minimum atomic E-state index is -4.10. The normalized spacial score (nSPS) is 45.3. The molecule has 5 N–H and O–H groups in total. The van der Waals surface area contributed by atoms with Crippen molar-refractivity contribution in [2.75, 3.05) is 12.3 Å². The van der Waals surface area contributed by atoms with E-state index in [4.69, 9.17) is 4.55 Å². The Hall–Kier alpha value is -0.221. The van der Waals surface area contributed by atoms with Crippen LogP contribution in [0.5, 0.6) is 0 Å². The second kappa shape index (κ2) is 11.0. The molecule has 0 saturated heterocycles. The third-order valence-electron chi connectivity index (χ3n) is 11.3. The van der Waals surface area contributed by atoms with E-state index >= 15 is 0 Å². The Morgan fingerprint density at radius 3 is 2.46 bits per heavy atom. The fraction of sp³-hybridized carbons (Fsp3) is 0.963. The van der Waals surface area contributed by atoms with Crippen LogP contribution in [0.3, 0.4) is 0 Å². The SMILES string of the molecule is C[C@H](CC([75Se])CC(=O)NCCS(=O)(=O)O)[C@H]1CCC2C3C(O)C[C@@H]4C[C@H](O)CC[C@]4(C)C3C[C@H](O)[C@@]21C. The number of nitrogens with one attached hydrogen (secondary N) is 1. The number of aliphatic hydroxyl groups excluding tert-OH is 3. The van der Waals surface area contributed by atoms with Crippen LogP contribution in [0.1, 0.15) is 78.6 Å². The third kappa shape index (κ3) is 5.82. The van der Waals surface area contributed by atoms with Crippen molar-refractivity contribution in [3.8, 4) is 0 Å². The molecule has 0 spiro atoms. The molecule has 1 amide bonds. The maximum atomic E-state index is 12.3. The first kappa shape index (κ1) is 29.8. The Morgan fingerprint density at radius 2 is 1.78 bits per heavy atom. The van der Waals surface area contributed by atoms with Crippen molar-refractivity contribution in [2.24, 2.45) is 46.3 Å². The van der Waals surface area contributed by atoms with E-state index in [1.807, 2.05) is 0 Å². The van der Waals surface area contributed by atoms with Crippen molar-refractivity contribution in [1.82, 2.24) is 5.32 Å². The molecule has 4 aliphatic rings. The predicted molar refractivity (Wildman–Crippen MR) is 141 cm³/mol. The molecule has 0 bridgehead atoms. The molecule has 4 saturated carbocycles. The van der Waals surface area contributed by atoms with Gasteiger partial charge in [0.05, 0.1) is 0 Å². The van der Waals surface area contributed by atoms with Gasteiger partial charge in [0.1, 0.15) is 0 Å². The quantitative estimate of drug-likeness (QED) is 0.212. The standard InChI is InChI=1S/C27H46NO7SSe/c1-15(10-18(37)13-24(32)28-8-9-36(33,34)35)19-4-5-20-25-21(14-23(31)27(19,20)3)26(2)7-6-17(29)11-16(26)12-22(25)30/h15-23,25,29-31H,4-14H2,1-3H3,(H,28,32)(H,33,34,35)/t15-,16+,17-,18?,19-,20?,21?,22?,23+,25?,26+,27-/m1/s1/i37-4. The summed E-state index contributed by atoms with van der Waals surface area (Å²) < 4.78 is 30.6. The summed E-state index contributed by atoms with van der Waals surface area (Å²) in [5.41, 5.74) is -0.224. The molecule has 0 aromatic carbocycles. The molecule has 0 aliphatic heterocycles. The number of carbonyl (C=O) groups is 1. The van der Waals surface area contributed by atoms with Gasteiger partial charge in [-0.05, 0) is 0 Å². The molecule has 8 nitrogen and oxygen atoms in total. The molecule has 0 aromatic heterocycles. The second-order valence-electron chi connectivity index (χ2n) is 13.2. The van der Waals surface area contributed by atoms with Gasteiger partial charge in [-0.2, -0.15) is 0 Å². The van der Waals surface area contributed by atoms with E-state index in [0.717, 1.165) is 44.9 Å². The van der Waals surface area contributed by atoms with Crippen molar-refractivity contribution in [3.63, 3.8) is 0 Å². The zero-order valence-corrected chi connectivity index (χ0v) is 24.9. The van der Waals surface area contributed by atoms with E-state index in [9.17, 15) is 28.5 Å². The van der Waals surface area contributed by atoms with Gasteiger partial charge in [0.25, 0.3) is 0 Å². The Balaban J connectivity index is 1.42. The van der Waals surface area contributed by atoms with Crippen LogP contribution in [0.15, 0.2) is 0 Å². The van der Waals surface area contributed by atoms with Gasteiger partial charge in [-0.3, -0.25) is 0 Å². The molecule has 4 aliphatic carbocycles. The van der Waals surface area contributed by atoms with Crippen LogP contribution < -0.4 is 5.32 Å². The summed E-state index contributed by atoms with van der Waals surface area (Å²) in [6, 6.07) is 0. The van der Waals surface area contributed by atoms with Gasteiger partial charge in [-0.25, -0.2) is 0 Å². The van der Waals surface area contributed by atoms with Crippen LogP contribution in [0, 0.1) is 46.3 Å². The average molecular weight is 604 g/mol. The topological polar surface area (TPSA) is 144 Å². The number of hydrogen-bond donors (Lipinski definition) is 5. The van der Waals surface area contributed by atoms with E-state index in [0.29, 0.717) is 12.3 Å². The molecule has 5 unspecified atom stereocenters. The Kier molecular flexibility index (Phi) is 8.83. The fourth-order valence-corrected chi connectivity index (χ4v) is 10.7. The first-order valence-corrected chi connectivity index (χ1v) is 16.7. The predicted octanol–water partition coefficient (Wildman–Crippen LogP) is 2.33. The summed E-state index contributed by atoms with van der Waals surface area (Å²) in [6.45, 7) is 6.66. The van der Waals surface area contributed by atoms with Gasteiger partial charge in [-0.1, -0.05) is 0 Å². The zero-order chi connectivity index (χ0) is 27.3. The number of aliphatic hydroxyl groups is 3. The summed E-state index contributed by atoms with van der Waals surface area (Å²) in [5.74, 6) is 0.832. The van der Waals surface area contributed by atoms with E-state index in [1.54, 1.807) is 0 Å². The van der Waals surface area contributed by atoms with Gasteiger partial charge < -0.3 is 5.11 Å². The van der Waals surface area contributed by atoms with E-state index in [2.05, 4.69) is 42.1 Å². The van der Waals surface area contributed by atoms with Crippen LogP contribution in [-0.2, 0) is 14.9 Å². The fourth-order valence-electron chi connectivity index (χ4n) is 9.39. The number of fused-ring (bicyclic) bond motifs is 5. The average Bonchev–Trinajstić information content (AvgIpc) is 3.13. The summed E-state index contributed by atoms with van der Waals surface area (Å²) in [6.07, 6.45) is 5.89. The number of rotatable bonds is 8. The van der Waals surface area contributed by atoms with Crippen molar-refractivity contribution in [3.05, 3.63) is 0 Å². The van der Waals surface area contributed by atoms with E-state index in [1.165, 1.54) is 0 Å². The van der Waals surface area contributed by atoms with Crippen molar-refractivity contribution >= 4 is 32.0 Å². The molecule has 4 fully saturated rings. The third-order valence-corrected chi connectivity index (χ3v) is 12.7. The van der Waals surface area contributed by atoms with Gasteiger partial charge in [0.15, 0.2) is 0 Å². The van der Waals surface area contributed by atoms with E-state index in [-0.39, 0.29) is 70.2 Å². The van der Waals surface area contributed by atoms with Gasteiger partial charge >= 0.3 is 226 Å². The summed E-state index contributed by atoms with van der Waals surface area (Å²) in [5, 5.41) is 36.0. The van der Waals surface area contributed by atoms with Gasteiger partial charge in [-0.15, -0.1) is 0 Å². The summed E-state index contributed by atoms with van der Waals surface area (Å²) >= 11 is 3.11. The molecule has 37 heavy (non-hydrogen) atoms. The Morgan fingerprint density at radius 1 is 1.08 bits per heavy atom. The second-order valence-corrected chi connectivity index (χ2v) is 16.2. The van der Waals surface area contributed by atoms with Crippen LogP contribution in [0.25, 0.3) is 0 Å². The van der Waals surface area contributed by atoms with Gasteiger partial charge in [0.2, 0.25) is 0 Å². The molecular formula is C27H46NO7SSe.